The highest BCUT2D eigenvalue weighted by molar-refractivity contribution is 7.90. The van der Waals surface area contributed by atoms with Crippen molar-refractivity contribution in [1.29, 1.82) is 0 Å². The van der Waals surface area contributed by atoms with E-state index in [1.165, 1.54) is 0 Å². The SMILES string of the molecule is COc1ccc(-c2ccc(S(C)(=O)=O)cc2)cc1CN(C(=O)c1sc2c(F)ccc(F)c2c1Cl)[C@H]1CC[C@H](N)CC1. The standard InChI is InChI=1S/C30H29ClF2N2O4S2/c1-39-25-14-5-18(17-3-10-22(11-4-17)41(2,37)38)15-19(25)16-35(21-8-6-20(34)7-9-21)30(36)29-27(31)26-23(32)12-13-24(33)28(26)40-29/h3-5,10-15,20-21H,6-9,16,34H2,1-2H3/t20-,21-. The lowest BCUT2D eigenvalue weighted by molar-refractivity contribution is 0.0610. The maximum absolute atomic E-state index is 14.6. The summed E-state index contributed by atoms with van der Waals surface area (Å²) >= 11 is 7.36. The fraction of sp³-hybridized carbons (Fsp3) is 0.300. The number of hydrogen-bond donors (Lipinski definition) is 1. The van der Waals surface area contributed by atoms with Crippen molar-refractivity contribution in [3.63, 3.8) is 0 Å². The molecule has 0 atom stereocenters. The van der Waals surface area contributed by atoms with Gasteiger partial charge in [0.05, 0.1) is 27.1 Å². The molecule has 0 spiro atoms. The lowest BCUT2D eigenvalue weighted by Crippen LogP contribution is -2.43. The molecule has 6 nitrogen and oxygen atoms in total. The van der Waals surface area contributed by atoms with Crippen molar-refractivity contribution in [2.24, 2.45) is 5.73 Å². The zero-order chi connectivity index (χ0) is 29.5. The van der Waals surface area contributed by atoms with Crippen LogP contribution in [0.3, 0.4) is 0 Å². The lowest BCUT2D eigenvalue weighted by atomic mass is 9.90. The van der Waals surface area contributed by atoms with Gasteiger partial charge in [-0.2, -0.15) is 0 Å². The number of hydrogen-bond acceptors (Lipinski definition) is 6. The number of benzene rings is 3. The first-order valence-corrected chi connectivity index (χ1v) is 16.2. The second-order valence-electron chi connectivity index (χ2n) is 10.3. The van der Waals surface area contributed by atoms with Gasteiger partial charge in [0.1, 0.15) is 22.3 Å². The Kier molecular flexibility index (Phi) is 8.39. The number of thiophene rings is 1. The van der Waals surface area contributed by atoms with Crippen LogP contribution in [0, 0.1) is 11.6 Å². The van der Waals surface area contributed by atoms with E-state index in [1.54, 1.807) is 42.3 Å². The van der Waals surface area contributed by atoms with E-state index in [0.717, 1.165) is 59.3 Å². The van der Waals surface area contributed by atoms with E-state index in [9.17, 15) is 22.0 Å². The quantitative estimate of drug-likeness (QED) is 0.245. The van der Waals surface area contributed by atoms with Crippen LogP contribution in [-0.2, 0) is 16.4 Å². The molecule has 0 unspecified atom stereocenters. The fourth-order valence-electron chi connectivity index (χ4n) is 5.31. The van der Waals surface area contributed by atoms with Crippen LogP contribution in [0.2, 0.25) is 5.02 Å². The van der Waals surface area contributed by atoms with Crippen LogP contribution in [0.5, 0.6) is 5.75 Å². The largest absolute Gasteiger partial charge is 0.496 e. The van der Waals surface area contributed by atoms with Gasteiger partial charge in [0.2, 0.25) is 0 Å². The van der Waals surface area contributed by atoms with Gasteiger partial charge in [-0.05, 0) is 73.2 Å². The Hall–Kier alpha value is -3.05. The zero-order valence-corrected chi connectivity index (χ0v) is 24.9. The Morgan fingerprint density at radius 3 is 2.27 bits per heavy atom. The number of carbonyl (C=O) groups is 1. The molecule has 5 rings (SSSR count). The van der Waals surface area contributed by atoms with Crippen molar-refractivity contribution in [2.75, 3.05) is 13.4 Å². The van der Waals surface area contributed by atoms with E-state index >= 15 is 0 Å². The van der Waals surface area contributed by atoms with Crippen molar-refractivity contribution < 1.29 is 26.7 Å². The molecule has 2 N–H and O–H groups in total. The topological polar surface area (TPSA) is 89.7 Å². The van der Waals surface area contributed by atoms with Crippen LogP contribution in [-0.4, -0.2) is 44.7 Å². The number of ether oxygens (including phenoxy) is 1. The van der Waals surface area contributed by atoms with E-state index < -0.39 is 27.4 Å². The molecule has 3 aromatic carbocycles. The maximum Gasteiger partial charge on any atom is 0.266 e. The highest BCUT2D eigenvalue weighted by Crippen LogP contribution is 2.40. The van der Waals surface area contributed by atoms with Gasteiger partial charge in [0, 0.05) is 30.4 Å². The van der Waals surface area contributed by atoms with Gasteiger partial charge in [-0.25, -0.2) is 17.2 Å². The van der Waals surface area contributed by atoms with Crippen LogP contribution in [0.25, 0.3) is 21.2 Å². The van der Waals surface area contributed by atoms with Crippen molar-refractivity contribution in [1.82, 2.24) is 4.90 Å². The van der Waals surface area contributed by atoms with Crippen molar-refractivity contribution >= 4 is 48.8 Å². The van der Waals surface area contributed by atoms with E-state index in [1.807, 2.05) is 12.1 Å². The molecule has 216 valence electrons. The molecule has 41 heavy (non-hydrogen) atoms. The second-order valence-corrected chi connectivity index (χ2v) is 13.7. The molecular weight excluding hydrogens is 590 g/mol. The third-order valence-electron chi connectivity index (χ3n) is 7.56. The molecular formula is C30H29ClF2N2O4S2. The molecule has 1 aliphatic carbocycles. The minimum Gasteiger partial charge on any atom is -0.496 e. The Bertz CT molecular complexity index is 1720. The minimum atomic E-state index is -3.34. The Morgan fingerprint density at radius 2 is 1.66 bits per heavy atom. The van der Waals surface area contributed by atoms with Crippen molar-refractivity contribution in [2.45, 2.75) is 49.2 Å². The third kappa shape index (κ3) is 5.97. The van der Waals surface area contributed by atoms with Gasteiger partial charge in [0.15, 0.2) is 9.84 Å². The molecule has 0 aliphatic heterocycles. The summed E-state index contributed by atoms with van der Waals surface area (Å²) in [5.41, 5.74) is 8.47. The first kappa shape index (κ1) is 29.4. The number of methoxy groups -OCH3 is 1. The Morgan fingerprint density at radius 1 is 1.02 bits per heavy atom. The average molecular weight is 619 g/mol. The molecule has 1 amide bonds. The highest BCUT2D eigenvalue weighted by Gasteiger charge is 2.32. The zero-order valence-electron chi connectivity index (χ0n) is 22.5. The normalized spacial score (nSPS) is 17.5. The van der Waals surface area contributed by atoms with Gasteiger partial charge < -0.3 is 15.4 Å². The molecule has 1 saturated carbocycles. The Labute approximate surface area is 246 Å². The van der Waals surface area contributed by atoms with Crippen molar-refractivity contribution in [3.05, 3.63) is 81.7 Å². The van der Waals surface area contributed by atoms with Gasteiger partial charge in [-0.15, -0.1) is 11.3 Å². The molecule has 1 fully saturated rings. The van der Waals surface area contributed by atoms with E-state index in [0.29, 0.717) is 18.6 Å². The molecule has 0 radical (unpaired) electrons. The van der Waals surface area contributed by atoms with E-state index in [-0.39, 0.29) is 43.5 Å². The van der Waals surface area contributed by atoms with Crippen LogP contribution in [0.4, 0.5) is 8.78 Å². The molecule has 1 heterocycles. The number of amides is 1. The first-order chi connectivity index (χ1) is 19.5. The minimum absolute atomic E-state index is 0.00100. The summed E-state index contributed by atoms with van der Waals surface area (Å²) in [5, 5.41) is -0.195. The number of rotatable bonds is 7. The molecule has 4 aromatic rings. The van der Waals surface area contributed by atoms with Crippen LogP contribution in [0.1, 0.15) is 40.9 Å². The second kappa shape index (κ2) is 11.7. The summed E-state index contributed by atoms with van der Waals surface area (Å²) in [5.74, 6) is -1.18. The van der Waals surface area contributed by atoms with E-state index in [4.69, 9.17) is 22.1 Å². The monoisotopic (exact) mass is 618 g/mol. The van der Waals surface area contributed by atoms with Gasteiger partial charge in [0.25, 0.3) is 5.91 Å². The first-order valence-electron chi connectivity index (χ1n) is 13.1. The average Bonchev–Trinajstić information content (AvgIpc) is 3.31. The number of halogens is 3. The molecule has 1 aromatic heterocycles. The van der Waals surface area contributed by atoms with Gasteiger partial charge >= 0.3 is 0 Å². The number of carbonyl (C=O) groups excluding carboxylic acids is 1. The van der Waals surface area contributed by atoms with Gasteiger partial charge in [-0.3, -0.25) is 4.79 Å². The summed E-state index contributed by atoms with van der Waals surface area (Å²) < 4.78 is 58.6. The third-order valence-corrected chi connectivity index (χ3v) is 10.4. The summed E-state index contributed by atoms with van der Waals surface area (Å²) in [6.07, 6.45) is 3.98. The van der Waals surface area contributed by atoms with Crippen molar-refractivity contribution in [3.8, 4) is 16.9 Å². The summed E-state index contributed by atoms with van der Waals surface area (Å²) in [6.45, 7) is 0.159. The maximum atomic E-state index is 14.6. The summed E-state index contributed by atoms with van der Waals surface area (Å²) in [7, 11) is -1.80. The fourth-order valence-corrected chi connectivity index (χ4v) is 7.44. The van der Waals surface area contributed by atoms with Crippen LogP contribution < -0.4 is 10.5 Å². The van der Waals surface area contributed by atoms with Crippen LogP contribution >= 0.6 is 22.9 Å². The predicted octanol–water partition coefficient (Wildman–Crippen LogP) is 6.82. The molecule has 1 aliphatic rings. The molecule has 0 saturated heterocycles. The van der Waals surface area contributed by atoms with Gasteiger partial charge in [-0.1, -0.05) is 29.8 Å². The molecule has 11 heteroatoms. The number of fused-ring (bicyclic) bond motifs is 1. The smallest absolute Gasteiger partial charge is 0.266 e. The predicted molar refractivity (Wildman–Crippen MR) is 158 cm³/mol. The van der Waals surface area contributed by atoms with Crippen LogP contribution in [0.15, 0.2) is 59.5 Å². The number of sulfone groups is 1. The Balaban J connectivity index is 1.55. The summed E-state index contributed by atoms with van der Waals surface area (Å²) in [4.78, 5) is 16.1. The molecule has 0 bridgehead atoms. The number of nitrogens with two attached hydrogens (primary N) is 1. The van der Waals surface area contributed by atoms with E-state index in [2.05, 4.69) is 0 Å². The lowest BCUT2D eigenvalue weighted by Gasteiger charge is -2.36. The highest BCUT2D eigenvalue weighted by atomic mass is 35.5. The summed E-state index contributed by atoms with van der Waals surface area (Å²) in [6, 6.07) is 14.0. The number of nitrogens with zero attached hydrogens (tertiary/aromatic N) is 1.